The number of nitrogens with one attached hydrogen (secondary N) is 2. The largest absolute Gasteiger partial charge is 0.376 e. The van der Waals surface area contributed by atoms with Gasteiger partial charge in [-0.2, -0.15) is 0 Å². The number of carbonyl (C=O) groups excluding carboxylic acids is 1. The first-order chi connectivity index (χ1) is 7.75. The van der Waals surface area contributed by atoms with Crippen LogP contribution in [0.25, 0.3) is 0 Å². The summed E-state index contributed by atoms with van der Waals surface area (Å²) in [5, 5.41) is 5.55. The first-order valence-corrected chi connectivity index (χ1v) is 6.09. The lowest BCUT2D eigenvalue weighted by Gasteiger charge is -2.24. The van der Waals surface area contributed by atoms with Gasteiger partial charge in [0.25, 0.3) is 0 Å². The van der Waals surface area contributed by atoms with Crippen LogP contribution in [-0.4, -0.2) is 37.9 Å². The number of hydrogen-bond acceptors (Lipinski definition) is 3. The van der Waals surface area contributed by atoms with Crippen molar-refractivity contribution in [1.29, 1.82) is 0 Å². The zero-order valence-corrected chi connectivity index (χ0v) is 12.1. The van der Waals surface area contributed by atoms with E-state index in [0.29, 0.717) is 19.2 Å². The van der Waals surface area contributed by atoms with Crippen LogP contribution in [0.4, 0.5) is 4.79 Å². The summed E-state index contributed by atoms with van der Waals surface area (Å²) in [6.07, 6.45) is 0.768. The van der Waals surface area contributed by atoms with E-state index in [-0.39, 0.29) is 5.60 Å². The van der Waals surface area contributed by atoms with Crippen LogP contribution in [0.15, 0.2) is 0 Å². The minimum Gasteiger partial charge on any atom is -0.376 e. The van der Waals surface area contributed by atoms with Gasteiger partial charge in [-0.1, -0.05) is 13.8 Å². The summed E-state index contributed by atoms with van der Waals surface area (Å²) < 4.78 is 5.42. The van der Waals surface area contributed by atoms with E-state index in [1.165, 1.54) is 0 Å². The molecule has 104 valence electrons. The Morgan fingerprint density at radius 2 is 1.88 bits per heavy atom. The topological polar surface area (TPSA) is 76.4 Å². The first kappa shape index (κ1) is 18.6. The number of ether oxygens (including phenoxy) is 1. The van der Waals surface area contributed by atoms with Crippen LogP contribution >= 0.6 is 0 Å². The molecular formula is C12H29N3O2. The number of rotatable bonds is 6. The molecule has 0 radical (unpaired) electrons. The number of primary amides is 1. The third kappa shape index (κ3) is 17.8. The van der Waals surface area contributed by atoms with Crippen LogP contribution in [0.2, 0.25) is 0 Å². The Labute approximate surface area is 105 Å². The zero-order valence-electron chi connectivity index (χ0n) is 12.1. The molecule has 0 bridgehead atoms. The summed E-state index contributed by atoms with van der Waals surface area (Å²) in [5.41, 5.74) is 4.72. The normalized spacial score (nSPS) is 10.8. The molecule has 5 heteroatoms. The number of amides is 2. The highest BCUT2D eigenvalue weighted by Gasteiger charge is 2.16. The smallest absolute Gasteiger partial charge is 0.312 e. The number of nitrogens with two attached hydrogens (primary N) is 1. The average molecular weight is 247 g/mol. The Morgan fingerprint density at radius 3 is 2.18 bits per heavy atom. The maximum Gasteiger partial charge on any atom is 0.312 e. The summed E-state index contributed by atoms with van der Waals surface area (Å²) in [7, 11) is 1.95. The first-order valence-electron chi connectivity index (χ1n) is 6.09. The number of carbonyl (C=O) groups is 1. The maximum absolute atomic E-state index is 10.3. The van der Waals surface area contributed by atoms with Gasteiger partial charge in [0.05, 0.1) is 5.60 Å². The molecule has 4 N–H and O–H groups in total. The Balaban J connectivity index is 0. The van der Waals surface area contributed by atoms with E-state index >= 15 is 0 Å². The summed E-state index contributed by atoms with van der Waals surface area (Å²) in [4.78, 5) is 10.3. The molecule has 17 heavy (non-hydrogen) atoms. The van der Waals surface area contributed by atoms with Crippen molar-refractivity contribution in [2.24, 2.45) is 5.73 Å². The fourth-order valence-corrected chi connectivity index (χ4v) is 0.950. The molecule has 0 aromatic heterocycles. The van der Waals surface area contributed by atoms with Crippen LogP contribution in [0.1, 0.15) is 41.0 Å². The van der Waals surface area contributed by atoms with E-state index < -0.39 is 6.03 Å². The van der Waals surface area contributed by atoms with E-state index in [1.807, 2.05) is 27.8 Å². The predicted octanol–water partition coefficient (Wildman–Crippen LogP) is 1.47. The highest BCUT2D eigenvalue weighted by molar-refractivity contribution is 5.71. The second-order valence-corrected chi connectivity index (χ2v) is 4.68. The van der Waals surface area contributed by atoms with E-state index in [9.17, 15) is 4.79 Å². The van der Waals surface area contributed by atoms with E-state index in [1.54, 1.807) is 0 Å². The molecule has 5 nitrogen and oxygen atoms in total. The molecule has 0 aromatic carbocycles. The average Bonchev–Trinajstić information content (AvgIpc) is 2.17. The molecule has 0 unspecified atom stereocenters. The highest BCUT2D eigenvalue weighted by atomic mass is 16.5. The third-order valence-corrected chi connectivity index (χ3v) is 2.14. The van der Waals surface area contributed by atoms with Crippen molar-refractivity contribution in [3.63, 3.8) is 0 Å². The minimum atomic E-state index is -0.484. The van der Waals surface area contributed by atoms with Crippen molar-refractivity contribution >= 4 is 6.03 Å². The van der Waals surface area contributed by atoms with Crippen LogP contribution in [-0.2, 0) is 4.74 Å². The van der Waals surface area contributed by atoms with Crippen LogP contribution < -0.4 is 16.4 Å². The van der Waals surface area contributed by atoms with Gasteiger partial charge in [0.15, 0.2) is 0 Å². The lowest BCUT2D eigenvalue weighted by atomic mass is 10.1. The van der Waals surface area contributed by atoms with Crippen LogP contribution in [0.3, 0.4) is 0 Å². The van der Waals surface area contributed by atoms with Gasteiger partial charge in [0.1, 0.15) is 0 Å². The molecular weight excluding hydrogens is 218 g/mol. The van der Waals surface area contributed by atoms with Crippen molar-refractivity contribution in [1.82, 2.24) is 10.6 Å². The van der Waals surface area contributed by atoms with Gasteiger partial charge in [-0.05, 0) is 34.2 Å². The van der Waals surface area contributed by atoms with E-state index in [2.05, 4.69) is 24.5 Å². The molecule has 0 saturated carbocycles. The Hall–Kier alpha value is -0.810. The maximum atomic E-state index is 10.3. The van der Waals surface area contributed by atoms with Gasteiger partial charge < -0.3 is 21.1 Å². The van der Waals surface area contributed by atoms with Gasteiger partial charge in [-0.25, -0.2) is 4.79 Å². The Kier molecular flexibility index (Phi) is 11.3. The van der Waals surface area contributed by atoms with Crippen molar-refractivity contribution < 1.29 is 9.53 Å². The van der Waals surface area contributed by atoms with Crippen molar-refractivity contribution in [3.8, 4) is 0 Å². The molecule has 2 amide bonds. The summed E-state index contributed by atoms with van der Waals surface area (Å²) in [6, 6.07) is 0.150. The molecule has 0 saturated heterocycles. The number of urea groups is 1. The lowest BCUT2D eigenvalue weighted by molar-refractivity contribution is -0.0150. The van der Waals surface area contributed by atoms with Gasteiger partial charge in [0, 0.05) is 19.2 Å². The standard InChI is InChI=1S/C8H18N2O2.C4H11N/c1-4-12-8(2,3)5-6-10-7(9)11;1-4(2)5-3/h4-6H2,1-3H3,(H3,9,10,11);4-5H,1-3H3. The van der Waals surface area contributed by atoms with Crippen molar-refractivity contribution in [2.75, 3.05) is 20.2 Å². The fraction of sp³-hybridized carbons (Fsp3) is 0.917. The molecule has 0 spiro atoms. The molecule has 0 fully saturated rings. The summed E-state index contributed by atoms with van der Waals surface area (Å²) >= 11 is 0. The molecule has 0 rings (SSSR count). The van der Waals surface area contributed by atoms with Gasteiger partial charge in [-0.15, -0.1) is 0 Å². The molecule has 0 aromatic rings. The van der Waals surface area contributed by atoms with Crippen LogP contribution in [0.5, 0.6) is 0 Å². The second-order valence-electron chi connectivity index (χ2n) is 4.68. The molecule has 0 aliphatic rings. The SMILES string of the molecule is CCOC(C)(C)CCNC(N)=O.CNC(C)C. The molecule has 0 atom stereocenters. The predicted molar refractivity (Wildman–Crippen MR) is 72.1 cm³/mol. The number of hydrogen-bond donors (Lipinski definition) is 3. The zero-order chi connectivity index (χ0) is 13.9. The Morgan fingerprint density at radius 1 is 1.41 bits per heavy atom. The van der Waals surface area contributed by atoms with Gasteiger partial charge in [0.2, 0.25) is 0 Å². The molecule has 0 aliphatic carbocycles. The van der Waals surface area contributed by atoms with Crippen LogP contribution in [0, 0.1) is 0 Å². The lowest BCUT2D eigenvalue weighted by Crippen LogP contribution is -2.35. The van der Waals surface area contributed by atoms with E-state index in [4.69, 9.17) is 10.5 Å². The quantitative estimate of drug-likeness (QED) is 0.665. The Bertz CT molecular complexity index is 194. The van der Waals surface area contributed by atoms with Crippen molar-refractivity contribution in [3.05, 3.63) is 0 Å². The third-order valence-electron chi connectivity index (χ3n) is 2.14. The molecule has 0 heterocycles. The monoisotopic (exact) mass is 247 g/mol. The summed E-state index contributed by atoms with van der Waals surface area (Å²) in [6.45, 7) is 11.4. The summed E-state index contributed by atoms with van der Waals surface area (Å²) in [5.74, 6) is 0. The second kappa shape index (κ2) is 10.4. The van der Waals surface area contributed by atoms with Gasteiger partial charge in [-0.3, -0.25) is 0 Å². The minimum absolute atomic E-state index is 0.183. The van der Waals surface area contributed by atoms with Gasteiger partial charge >= 0.3 is 6.03 Å². The molecule has 0 aliphatic heterocycles. The fourth-order valence-electron chi connectivity index (χ4n) is 0.950. The van der Waals surface area contributed by atoms with E-state index in [0.717, 1.165) is 6.42 Å². The highest BCUT2D eigenvalue weighted by Crippen LogP contribution is 2.12. The van der Waals surface area contributed by atoms with Crippen molar-refractivity contribution in [2.45, 2.75) is 52.7 Å².